The maximum absolute atomic E-state index is 11.0. The van der Waals surface area contributed by atoms with Crippen molar-refractivity contribution in [2.45, 2.75) is 31.5 Å². The molecule has 216 valence electrons. The third-order valence-corrected chi connectivity index (χ3v) is 7.02. The lowest BCUT2D eigenvalue weighted by Gasteiger charge is -2.21. The molecule has 0 fully saturated rings. The first kappa shape index (κ1) is 30.2. The number of aliphatic hydroxyl groups is 2. The number of aromatic hydroxyl groups is 3. The molecule has 0 aromatic heterocycles. The quantitative estimate of drug-likeness (QED) is 0.114. The number of phenolic OH excluding ortho intramolecular Hbond substituents is 3. The number of benzene rings is 4. The normalized spacial score (nSPS) is 12.3. The Morgan fingerprint density at radius 2 is 1.00 bits per heavy atom. The van der Waals surface area contributed by atoms with Crippen LogP contribution in [0.2, 0.25) is 0 Å². The molecule has 0 amide bonds. The highest BCUT2D eigenvalue weighted by Gasteiger charge is 2.23. The van der Waals surface area contributed by atoms with Crippen LogP contribution in [-0.2, 0) is 19.3 Å². The molecule has 0 aliphatic rings. The zero-order chi connectivity index (χ0) is 30.2. The van der Waals surface area contributed by atoms with Gasteiger partial charge in [0, 0.05) is 22.3 Å². The van der Waals surface area contributed by atoms with Crippen molar-refractivity contribution in [2.24, 2.45) is 0 Å². The van der Waals surface area contributed by atoms with Crippen LogP contribution in [0.25, 0.3) is 22.3 Å². The number of allylic oxidation sites excluding steroid dienone is 3. The van der Waals surface area contributed by atoms with Crippen LogP contribution in [0.5, 0.6) is 23.0 Å². The molecule has 2 atom stereocenters. The van der Waals surface area contributed by atoms with Gasteiger partial charge in [0.05, 0.1) is 0 Å². The Kier molecular flexibility index (Phi) is 9.86. The van der Waals surface area contributed by atoms with Crippen molar-refractivity contribution < 1.29 is 30.3 Å². The maximum atomic E-state index is 11.0. The summed E-state index contributed by atoms with van der Waals surface area (Å²) in [5, 5.41) is 53.7. The van der Waals surface area contributed by atoms with Crippen molar-refractivity contribution in [3.8, 4) is 45.3 Å². The summed E-state index contributed by atoms with van der Waals surface area (Å²) in [7, 11) is 0. The van der Waals surface area contributed by atoms with Crippen molar-refractivity contribution in [1.29, 1.82) is 0 Å². The Hall–Kier alpha value is -4.78. The minimum absolute atomic E-state index is 0.0264. The van der Waals surface area contributed by atoms with Crippen LogP contribution in [0.15, 0.2) is 111 Å². The molecule has 0 heterocycles. The predicted molar refractivity (Wildman–Crippen MR) is 167 cm³/mol. The van der Waals surface area contributed by atoms with Gasteiger partial charge in [0.25, 0.3) is 0 Å². The standard InChI is InChI=1S/C36H36O6/c1-4-7-23-10-14-31(37)27(18-23)29-21-26(13-16-33(29)39)36(41)34(40)22-42-35-17-12-25(9-6-3)20-30(35)28-19-24(8-5-2)11-15-32(28)38/h4-6,10-21,34,36-41H,1-3,7-9,22H2. The third-order valence-electron chi connectivity index (χ3n) is 7.02. The van der Waals surface area contributed by atoms with Gasteiger partial charge in [-0.1, -0.05) is 42.5 Å². The Bertz CT molecular complexity index is 1590. The van der Waals surface area contributed by atoms with Crippen molar-refractivity contribution in [1.82, 2.24) is 0 Å². The van der Waals surface area contributed by atoms with Gasteiger partial charge in [-0.05, 0) is 90.0 Å². The van der Waals surface area contributed by atoms with Gasteiger partial charge >= 0.3 is 0 Å². The van der Waals surface area contributed by atoms with Crippen molar-refractivity contribution >= 4 is 0 Å². The first-order valence-corrected chi connectivity index (χ1v) is 13.7. The molecule has 0 saturated carbocycles. The van der Waals surface area contributed by atoms with E-state index in [9.17, 15) is 25.5 Å². The summed E-state index contributed by atoms with van der Waals surface area (Å²) in [5.74, 6) is 0.406. The van der Waals surface area contributed by atoms with E-state index in [-0.39, 0.29) is 23.9 Å². The summed E-state index contributed by atoms with van der Waals surface area (Å²) in [6.45, 7) is 11.1. The first-order chi connectivity index (χ1) is 20.2. The van der Waals surface area contributed by atoms with Gasteiger partial charge in [-0.3, -0.25) is 0 Å². The molecule has 0 radical (unpaired) electrons. The molecule has 4 aromatic rings. The number of hydrogen-bond donors (Lipinski definition) is 5. The molecule has 4 rings (SSSR count). The molecule has 0 aliphatic heterocycles. The van der Waals surface area contributed by atoms with Crippen LogP contribution < -0.4 is 4.74 Å². The zero-order valence-corrected chi connectivity index (χ0v) is 23.4. The van der Waals surface area contributed by atoms with E-state index in [1.165, 1.54) is 18.2 Å². The van der Waals surface area contributed by atoms with Crippen molar-refractivity contribution in [3.05, 3.63) is 133 Å². The molecular weight excluding hydrogens is 528 g/mol. The highest BCUT2D eigenvalue weighted by Crippen LogP contribution is 2.40. The van der Waals surface area contributed by atoms with Crippen LogP contribution in [-0.4, -0.2) is 38.2 Å². The maximum Gasteiger partial charge on any atom is 0.127 e. The van der Waals surface area contributed by atoms with Crippen molar-refractivity contribution in [3.63, 3.8) is 0 Å². The highest BCUT2D eigenvalue weighted by atomic mass is 16.5. The minimum atomic E-state index is -1.35. The fourth-order valence-electron chi connectivity index (χ4n) is 4.83. The average molecular weight is 565 g/mol. The smallest absolute Gasteiger partial charge is 0.127 e. The monoisotopic (exact) mass is 564 g/mol. The second kappa shape index (κ2) is 13.7. The van der Waals surface area contributed by atoms with E-state index in [1.807, 2.05) is 24.3 Å². The summed E-state index contributed by atoms with van der Waals surface area (Å²) in [5.41, 5.74) is 5.10. The summed E-state index contributed by atoms with van der Waals surface area (Å²) < 4.78 is 6.02. The predicted octanol–water partition coefficient (Wildman–Crippen LogP) is 6.80. The van der Waals surface area contributed by atoms with Crippen LogP contribution in [0.1, 0.15) is 28.4 Å². The molecule has 2 unspecified atom stereocenters. The summed E-state index contributed by atoms with van der Waals surface area (Å²) >= 11 is 0. The third kappa shape index (κ3) is 6.92. The zero-order valence-electron chi connectivity index (χ0n) is 23.4. The molecule has 42 heavy (non-hydrogen) atoms. The van der Waals surface area contributed by atoms with E-state index in [2.05, 4.69) is 19.7 Å². The Morgan fingerprint density at radius 3 is 1.52 bits per heavy atom. The fourth-order valence-corrected chi connectivity index (χ4v) is 4.83. The lowest BCUT2D eigenvalue weighted by atomic mass is 9.95. The van der Waals surface area contributed by atoms with E-state index < -0.39 is 12.2 Å². The molecule has 0 saturated heterocycles. The number of rotatable bonds is 13. The molecule has 0 bridgehead atoms. The average Bonchev–Trinajstić information content (AvgIpc) is 2.98. The molecule has 6 nitrogen and oxygen atoms in total. The largest absolute Gasteiger partial charge is 0.507 e. The Balaban J connectivity index is 1.60. The second-order valence-corrected chi connectivity index (χ2v) is 10.1. The van der Waals surface area contributed by atoms with E-state index in [1.54, 1.807) is 48.6 Å². The molecule has 0 aliphatic carbocycles. The molecule has 0 spiro atoms. The topological polar surface area (TPSA) is 110 Å². The first-order valence-electron chi connectivity index (χ1n) is 13.7. The number of hydrogen-bond acceptors (Lipinski definition) is 6. The lowest BCUT2D eigenvalue weighted by molar-refractivity contribution is -0.00888. The molecular formula is C36H36O6. The SMILES string of the molecule is C=CCc1ccc(O)c(-c2cc(C(O)C(O)COc3ccc(CC=C)cc3-c3cc(CC=C)ccc3O)ccc2O)c1. The van der Waals surface area contributed by atoms with Gasteiger partial charge in [0.1, 0.15) is 41.8 Å². The van der Waals surface area contributed by atoms with Gasteiger partial charge < -0.3 is 30.3 Å². The Morgan fingerprint density at radius 1 is 0.571 bits per heavy atom. The van der Waals surface area contributed by atoms with Crippen LogP contribution in [0.3, 0.4) is 0 Å². The Labute approximate surface area is 246 Å². The summed E-state index contributed by atoms with van der Waals surface area (Å²) in [4.78, 5) is 0. The summed E-state index contributed by atoms with van der Waals surface area (Å²) in [6, 6.07) is 20.4. The lowest BCUT2D eigenvalue weighted by Crippen LogP contribution is -2.25. The fraction of sp³-hybridized carbons (Fsp3) is 0.167. The van der Waals surface area contributed by atoms with Gasteiger partial charge in [0.15, 0.2) is 0 Å². The highest BCUT2D eigenvalue weighted by molar-refractivity contribution is 5.77. The minimum Gasteiger partial charge on any atom is -0.507 e. The van der Waals surface area contributed by atoms with E-state index in [4.69, 9.17) is 4.74 Å². The number of phenols is 3. The van der Waals surface area contributed by atoms with Gasteiger partial charge in [0.2, 0.25) is 0 Å². The van der Waals surface area contributed by atoms with Crippen molar-refractivity contribution in [2.75, 3.05) is 6.61 Å². The van der Waals surface area contributed by atoms with Crippen LogP contribution >= 0.6 is 0 Å². The summed E-state index contributed by atoms with van der Waals surface area (Å²) in [6.07, 6.45) is 4.47. The number of ether oxygens (including phenoxy) is 1. The van der Waals surface area contributed by atoms with Crippen LogP contribution in [0.4, 0.5) is 0 Å². The van der Waals surface area contributed by atoms with Gasteiger partial charge in [-0.25, -0.2) is 0 Å². The van der Waals surface area contributed by atoms with E-state index >= 15 is 0 Å². The number of aliphatic hydroxyl groups excluding tert-OH is 2. The molecule has 4 aromatic carbocycles. The van der Waals surface area contributed by atoms with Gasteiger partial charge in [-0.15, -0.1) is 19.7 Å². The van der Waals surface area contributed by atoms with E-state index in [0.717, 1.165) is 16.7 Å². The van der Waals surface area contributed by atoms with Gasteiger partial charge in [-0.2, -0.15) is 0 Å². The molecule has 6 heteroatoms. The second-order valence-electron chi connectivity index (χ2n) is 10.1. The van der Waals surface area contributed by atoms with E-state index in [0.29, 0.717) is 52.8 Å². The molecule has 5 N–H and O–H groups in total. The van der Waals surface area contributed by atoms with Crippen LogP contribution in [0, 0.1) is 0 Å².